The molecule has 3 nitrogen and oxygen atoms in total. The van der Waals surface area contributed by atoms with Gasteiger partial charge in [0.05, 0.1) is 5.69 Å². The first-order valence-corrected chi connectivity index (χ1v) is 10.8. The second-order valence-electron chi connectivity index (χ2n) is 7.89. The molecule has 0 spiro atoms. The quantitative estimate of drug-likeness (QED) is 0.286. The molecule has 2 heterocycles. The Hall–Kier alpha value is -3.69. The van der Waals surface area contributed by atoms with Gasteiger partial charge in [0, 0.05) is 27.3 Å². The summed E-state index contributed by atoms with van der Waals surface area (Å²) in [6.07, 6.45) is 0. The summed E-state index contributed by atoms with van der Waals surface area (Å²) in [6, 6.07) is 30.2. The van der Waals surface area contributed by atoms with Crippen molar-refractivity contribution in [3.63, 3.8) is 0 Å². The van der Waals surface area contributed by atoms with Crippen LogP contribution in [-0.2, 0) is 0 Å². The highest BCUT2D eigenvalue weighted by Crippen LogP contribution is 2.36. The zero-order valence-electron chi connectivity index (χ0n) is 17.8. The number of furan rings is 1. The van der Waals surface area contributed by atoms with Crippen molar-refractivity contribution >= 4 is 11.6 Å². The molecule has 0 aliphatic rings. The number of nitrogens with zero attached hydrogens (tertiary/aromatic N) is 2. The van der Waals surface area contributed by atoms with Crippen LogP contribution in [0, 0.1) is 13.8 Å². The molecular formula is C28H21ClN2O. The predicted molar refractivity (Wildman–Crippen MR) is 131 cm³/mol. The molecule has 0 saturated carbocycles. The molecule has 5 rings (SSSR count). The molecule has 156 valence electrons. The summed E-state index contributed by atoms with van der Waals surface area (Å²) in [4.78, 5) is 0. The van der Waals surface area contributed by atoms with Gasteiger partial charge in [-0.15, -0.1) is 10.2 Å². The minimum Gasteiger partial charge on any atom is -0.456 e. The fourth-order valence-corrected chi connectivity index (χ4v) is 3.75. The van der Waals surface area contributed by atoms with E-state index in [0.717, 1.165) is 45.2 Å². The van der Waals surface area contributed by atoms with Crippen LogP contribution < -0.4 is 0 Å². The second kappa shape index (κ2) is 8.45. The summed E-state index contributed by atoms with van der Waals surface area (Å²) in [5, 5.41) is 9.85. The molecule has 0 amide bonds. The van der Waals surface area contributed by atoms with E-state index in [2.05, 4.69) is 78.6 Å². The summed E-state index contributed by atoms with van der Waals surface area (Å²) < 4.78 is 6.28. The van der Waals surface area contributed by atoms with Gasteiger partial charge < -0.3 is 4.42 Å². The Morgan fingerprint density at radius 3 is 1.81 bits per heavy atom. The zero-order chi connectivity index (χ0) is 22.1. The number of aryl methyl sites for hydroxylation is 2. The molecule has 3 aromatic carbocycles. The molecule has 0 unspecified atom stereocenters. The predicted octanol–water partition coefficient (Wildman–Crippen LogP) is 8.01. The van der Waals surface area contributed by atoms with Crippen molar-refractivity contribution < 1.29 is 4.42 Å². The monoisotopic (exact) mass is 436 g/mol. The topological polar surface area (TPSA) is 38.9 Å². The first-order chi connectivity index (χ1) is 15.6. The third-order valence-corrected chi connectivity index (χ3v) is 5.72. The summed E-state index contributed by atoms with van der Waals surface area (Å²) in [5.74, 6) is 1.52. The molecule has 0 bridgehead atoms. The molecule has 4 heteroatoms. The van der Waals surface area contributed by atoms with Crippen LogP contribution >= 0.6 is 11.6 Å². The normalized spacial score (nSPS) is 11.0. The van der Waals surface area contributed by atoms with E-state index in [9.17, 15) is 0 Å². The van der Waals surface area contributed by atoms with Crippen LogP contribution in [0.15, 0.2) is 95.4 Å². The lowest BCUT2D eigenvalue weighted by atomic mass is 10.0. The van der Waals surface area contributed by atoms with E-state index >= 15 is 0 Å². The van der Waals surface area contributed by atoms with Crippen molar-refractivity contribution in [1.29, 1.82) is 0 Å². The molecule has 0 aliphatic carbocycles. The molecule has 2 aromatic heterocycles. The van der Waals surface area contributed by atoms with E-state index in [-0.39, 0.29) is 0 Å². The number of rotatable bonds is 4. The molecular weight excluding hydrogens is 416 g/mol. The SMILES string of the molecule is Cc1ccc(-c2cc(-c3ccc(-c4ccc(Cl)cc4)o3)c(-c3ccc(C)cc3)nn2)cc1. The number of halogens is 1. The molecule has 0 N–H and O–H groups in total. The van der Waals surface area contributed by atoms with E-state index in [1.165, 1.54) is 11.1 Å². The maximum atomic E-state index is 6.28. The molecule has 32 heavy (non-hydrogen) atoms. The summed E-state index contributed by atoms with van der Waals surface area (Å²) >= 11 is 6.04. The van der Waals surface area contributed by atoms with E-state index in [4.69, 9.17) is 16.0 Å². The van der Waals surface area contributed by atoms with Gasteiger partial charge in [-0.25, -0.2) is 0 Å². The van der Waals surface area contributed by atoms with Crippen LogP contribution in [0.3, 0.4) is 0 Å². The highest BCUT2D eigenvalue weighted by molar-refractivity contribution is 6.30. The van der Waals surface area contributed by atoms with Crippen LogP contribution in [0.4, 0.5) is 0 Å². The first kappa shape index (κ1) is 20.2. The molecule has 0 saturated heterocycles. The number of benzene rings is 3. The second-order valence-corrected chi connectivity index (χ2v) is 8.33. The minimum atomic E-state index is 0.697. The Morgan fingerprint density at radius 1 is 0.594 bits per heavy atom. The maximum Gasteiger partial charge on any atom is 0.137 e. The fraction of sp³-hybridized carbons (Fsp3) is 0.0714. The van der Waals surface area contributed by atoms with Crippen LogP contribution in [0.1, 0.15) is 11.1 Å². The Balaban J connectivity index is 1.64. The summed E-state index contributed by atoms with van der Waals surface area (Å²) in [5.41, 5.74) is 7.89. The Bertz CT molecular complexity index is 1370. The lowest BCUT2D eigenvalue weighted by Crippen LogP contribution is -1.95. The van der Waals surface area contributed by atoms with Crippen molar-refractivity contribution in [1.82, 2.24) is 10.2 Å². The molecule has 0 aliphatic heterocycles. The summed E-state index contributed by atoms with van der Waals surface area (Å²) in [6.45, 7) is 4.14. The van der Waals surface area contributed by atoms with Crippen LogP contribution in [0.25, 0.3) is 45.2 Å². The van der Waals surface area contributed by atoms with Crippen LogP contribution in [-0.4, -0.2) is 10.2 Å². The number of hydrogen-bond acceptors (Lipinski definition) is 3. The van der Waals surface area contributed by atoms with Gasteiger partial charge in [-0.05, 0) is 56.3 Å². The van der Waals surface area contributed by atoms with Crippen molar-refractivity contribution in [2.24, 2.45) is 0 Å². The van der Waals surface area contributed by atoms with Gasteiger partial charge in [-0.2, -0.15) is 0 Å². The van der Waals surface area contributed by atoms with Gasteiger partial charge >= 0.3 is 0 Å². The van der Waals surface area contributed by atoms with Crippen molar-refractivity contribution in [3.8, 4) is 45.2 Å². The minimum absolute atomic E-state index is 0.697. The highest BCUT2D eigenvalue weighted by Gasteiger charge is 2.16. The van der Waals surface area contributed by atoms with Gasteiger partial charge in [0.25, 0.3) is 0 Å². The molecule has 0 atom stereocenters. The number of aromatic nitrogens is 2. The maximum absolute atomic E-state index is 6.28. The third-order valence-electron chi connectivity index (χ3n) is 5.47. The molecule has 0 fully saturated rings. The molecule has 5 aromatic rings. The fourth-order valence-electron chi connectivity index (χ4n) is 3.62. The van der Waals surface area contributed by atoms with Crippen molar-refractivity contribution in [2.45, 2.75) is 13.8 Å². The average molecular weight is 437 g/mol. The van der Waals surface area contributed by atoms with Gasteiger partial charge in [0.15, 0.2) is 0 Å². The molecule has 0 radical (unpaired) electrons. The Kier molecular flexibility index (Phi) is 5.34. The lowest BCUT2D eigenvalue weighted by molar-refractivity contribution is 0.597. The zero-order valence-corrected chi connectivity index (χ0v) is 18.6. The van der Waals surface area contributed by atoms with Gasteiger partial charge in [0.1, 0.15) is 17.2 Å². The Morgan fingerprint density at radius 2 is 1.16 bits per heavy atom. The Labute approximate surface area is 192 Å². The van der Waals surface area contributed by atoms with E-state index in [0.29, 0.717) is 5.02 Å². The van der Waals surface area contributed by atoms with E-state index in [1.807, 2.05) is 36.4 Å². The van der Waals surface area contributed by atoms with Gasteiger partial charge in [0.2, 0.25) is 0 Å². The van der Waals surface area contributed by atoms with E-state index < -0.39 is 0 Å². The average Bonchev–Trinajstić information content (AvgIpc) is 3.30. The van der Waals surface area contributed by atoms with Gasteiger partial charge in [-0.3, -0.25) is 0 Å². The number of hydrogen-bond donors (Lipinski definition) is 0. The van der Waals surface area contributed by atoms with Crippen molar-refractivity contribution in [2.75, 3.05) is 0 Å². The third kappa shape index (κ3) is 4.08. The largest absolute Gasteiger partial charge is 0.456 e. The highest BCUT2D eigenvalue weighted by atomic mass is 35.5. The smallest absolute Gasteiger partial charge is 0.137 e. The first-order valence-electron chi connectivity index (χ1n) is 10.4. The van der Waals surface area contributed by atoms with Crippen LogP contribution in [0.5, 0.6) is 0 Å². The standard InChI is InChI=1S/C28H21ClN2O/c1-18-3-7-20(8-4-18)25-17-24(28(31-30-25)22-9-5-19(2)6-10-22)27-16-15-26(32-27)21-11-13-23(29)14-12-21/h3-17H,1-2H3. The van der Waals surface area contributed by atoms with E-state index in [1.54, 1.807) is 0 Å². The van der Waals surface area contributed by atoms with Crippen LogP contribution in [0.2, 0.25) is 5.02 Å². The lowest BCUT2D eigenvalue weighted by Gasteiger charge is -2.10. The van der Waals surface area contributed by atoms with Gasteiger partial charge in [-0.1, -0.05) is 71.3 Å². The summed E-state index contributed by atoms with van der Waals surface area (Å²) in [7, 11) is 0. The van der Waals surface area contributed by atoms with Crippen molar-refractivity contribution in [3.05, 3.63) is 107 Å².